The Morgan fingerprint density at radius 3 is 2.14 bits per heavy atom. The summed E-state index contributed by atoms with van der Waals surface area (Å²) in [5, 5.41) is 18.9. The lowest BCUT2D eigenvalue weighted by Crippen LogP contribution is -2.36. The Balaban J connectivity index is 1.99. The number of para-hydroxylation sites is 1. The van der Waals surface area contributed by atoms with Crippen LogP contribution in [0.4, 0.5) is 17.1 Å². The topological polar surface area (TPSA) is 54.1 Å². The van der Waals surface area contributed by atoms with Crippen LogP contribution < -0.4 is 9.80 Å². The van der Waals surface area contributed by atoms with Gasteiger partial charge in [-0.15, -0.1) is 0 Å². The second kappa shape index (κ2) is 6.76. The first-order valence-electron chi connectivity index (χ1n) is 9.22. The van der Waals surface area contributed by atoms with Crippen LogP contribution in [0.1, 0.15) is 23.6 Å². The summed E-state index contributed by atoms with van der Waals surface area (Å²) in [5.74, 6) is 0. The molecule has 4 heteroatoms. The van der Waals surface area contributed by atoms with Gasteiger partial charge in [0.05, 0.1) is 28.2 Å². The van der Waals surface area contributed by atoms with Gasteiger partial charge in [0.2, 0.25) is 0 Å². The molecule has 0 aromatic heterocycles. The van der Waals surface area contributed by atoms with Gasteiger partial charge in [-0.25, -0.2) is 0 Å². The van der Waals surface area contributed by atoms with Crippen molar-refractivity contribution in [1.82, 2.24) is 0 Å². The Kier molecular flexibility index (Phi) is 4.26. The minimum absolute atomic E-state index is 0.0547. The summed E-state index contributed by atoms with van der Waals surface area (Å²) in [6.07, 6.45) is 0.0547. The third kappa shape index (κ3) is 2.59. The second-order valence-corrected chi connectivity index (χ2v) is 7.06. The number of anilines is 3. The summed E-state index contributed by atoms with van der Waals surface area (Å²) in [4.78, 5) is 4.42. The lowest BCUT2D eigenvalue weighted by Gasteiger charge is -2.31. The van der Waals surface area contributed by atoms with Gasteiger partial charge >= 0.3 is 0 Å². The van der Waals surface area contributed by atoms with E-state index in [1.54, 1.807) is 0 Å². The van der Waals surface area contributed by atoms with Crippen molar-refractivity contribution in [3.63, 3.8) is 0 Å². The smallest absolute Gasteiger partial charge is 0.103 e. The molecule has 1 heterocycles. The molecular weight excluding hydrogens is 344 g/mol. The lowest BCUT2D eigenvalue weighted by atomic mass is 9.98. The molecule has 0 saturated carbocycles. The molecule has 0 fully saturated rings. The van der Waals surface area contributed by atoms with Gasteiger partial charge in [-0.05, 0) is 37.1 Å². The summed E-state index contributed by atoms with van der Waals surface area (Å²) in [7, 11) is 2.02. The lowest BCUT2D eigenvalue weighted by molar-refractivity contribution is 0.733. The van der Waals surface area contributed by atoms with Gasteiger partial charge in [0.25, 0.3) is 0 Å². The number of benzene rings is 3. The van der Waals surface area contributed by atoms with E-state index in [4.69, 9.17) is 0 Å². The van der Waals surface area contributed by atoms with E-state index < -0.39 is 0 Å². The van der Waals surface area contributed by atoms with E-state index in [-0.39, 0.29) is 6.17 Å². The first-order valence-corrected chi connectivity index (χ1v) is 9.22. The molecule has 0 spiro atoms. The van der Waals surface area contributed by atoms with Crippen LogP contribution in [0.15, 0.2) is 60.7 Å². The zero-order valence-corrected chi connectivity index (χ0v) is 16.1. The standard InChI is InChI=1S/C24H20N4/c1-16-8-7-11-21(18-9-5-4-6-10-18)24(16)28-17(2)27(3)22-12-19(14-25)20(15-26)13-23(22)28/h4-13,17H,1-3H3/t17-/m0/s1. The van der Waals surface area contributed by atoms with Crippen LogP contribution in [0.3, 0.4) is 0 Å². The summed E-state index contributed by atoms with van der Waals surface area (Å²) in [5.41, 5.74) is 7.33. The van der Waals surface area contributed by atoms with E-state index in [1.807, 2.05) is 37.4 Å². The van der Waals surface area contributed by atoms with Crippen LogP contribution in [-0.2, 0) is 0 Å². The number of rotatable bonds is 2. The van der Waals surface area contributed by atoms with Crippen molar-refractivity contribution < 1.29 is 0 Å². The molecule has 4 rings (SSSR count). The predicted octanol–water partition coefficient (Wildman–Crippen LogP) is 5.34. The molecule has 3 aromatic rings. The molecule has 0 radical (unpaired) electrons. The van der Waals surface area contributed by atoms with Gasteiger partial charge in [-0.2, -0.15) is 10.5 Å². The number of nitrogens with zero attached hydrogens (tertiary/aromatic N) is 4. The predicted molar refractivity (Wildman–Crippen MR) is 112 cm³/mol. The van der Waals surface area contributed by atoms with Gasteiger partial charge in [0, 0.05) is 12.6 Å². The zero-order chi connectivity index (χ0) is 19.8. The fourth-order valence-corrected chi connectivity index (χ4v) is 3.95. The molecule has 28 heavy (non-hydrogen) atoms. The van der Waals surface area contributed by atoms with Crippen molar-refractivity contribution in [2.24, 2.45) is 0 Å². The van der Waals surface area contributed by atoms with Gasteiger partial charge < -0.3 is 9.80 Å². The Labute approximate surface area is 165 Å². The van der Waals surface area contributed by atoms with Crippen LogP contribution >= 0.6 is 0 Å². The number of hydrogen-bond donors (Lipinski definition) is 0. The Morgan fingerprint density at radius 1 is 0.857 bits per heavy atom. The zero-order valence-electron chi connectivity index (χ0n) is 16.1. The number of hydrogen-bond acceptors (Lipinski definition) is 4. The van der Waals surface area contributed by atoms with Crippen molar-refractivity contribution in [3.05, 3.63) is 77.4 Å². The molecule has 136 valence electrons. The normalized spacial score (nSPS) is 15.1. The van der Waals surface area contributed by atoms with Crippen molar-refractivity contribution in [1.29, 1.82) is 10.5 Å². The van der Waals surface area contributed by atoms with Gasteiger partial charge in [-0.3, -0.25) is 0 Å². The minimum atomic E-state index is 0.0547. The molecule has 1 aliphatic rings. The molecular formula is C24H20N4. The van der Waals surface area contributed by atoms with Crippen LogP contribution in [0.5, 0.6) is 0 Å². The number of aryl methyl sites for hydroxylation is 1. The second-order valence-electron chi connectivity index (χ2n) is 7.06. The Morgan fingerprint density at radius 2 is 1.50 bits per heavy atom. The fourth-order valence-electron chi connectivity index (χ4n) is 3.95. The molecule has 0 bridgehead atoms. The average molecular weight is 364 g/mol. The van der Waals surface area contributed by atoms with Gasteiger partial charge in [0.1, 0.15) is 18.3 Å². The van der Waals surface area contributed by atoms with Crippen LogP contribution in [-0.4, -0.2) is 13.2 Å². The maximum absolute atomic E-state index is 9.52. The van der Waals surface area contributed by atoms with Gasteiger partial charge in [-0.1, -0.05) is 48.5 Å². The van der Waals surface area contributed by atoms with E-state index in [9.17, 15) is 10.5 Å². The molecule has 0 aliphatic carbocycles. The van der Waals surface area contributed by atoms with E-state index in [1.165, 1.54) is 0 Å². The monoisotopic (exact) mass is 364 g/mol. The molecule has 0 N–H and O–H groups in total. The first kappa shape index (κ1) is 17.6. The third-order valence-corrected chi connectivity index (χ3v) is 5.49. The fraction of sp³-hybridized carbons (Fsp3) is 0.167. The largest absolute Gasteiger partial charge is 0.352 e. The van der Waals surface area contributed by atoms with Crippen molar-refractivity contribution in [2.45, 2.75) is 20.0 Å². The van der Waals surface area contributed by atoms with Crippen molar-refractivity contribution >= 4 is 17.1 Å². The maximum Gasteiger partial charge on any atom is 0.103 e. The summed E-state index contributed by atoms with van der Waals surface area (Å²) in [6.45, 7) is 4.25. The first-order chi connectivity index (χ1) is 13.6. The van der Waals surface area contributed by atoms with E-state index >= 15 is 0 Å². The highest BCUT2D eigenvalue weighted by molar-refractivity contribution is 5.92. The van der Waals surface area contributed by atoms with Gasteiger partial charge in [0.15, 0.2) is 0 Å². The van der Waals surface area contributed by atoms with Crippen molar-refractivity contribution in [2.75, 3.05) is 16.8 Å². The molecule has 1 atom stereocenters. The average Bonchev–Trinajstić information content (AvgIpc) is 2.97. The highest BCUT2D eigenvalue weighted by Crippen LogP contribution is 2.48. The summed E-state index contributed by atoms with van der Waals surface area (Å²) in [6, 6.07) is 24.6. The van der Waals surface area contributed by atoms with E-state index in [0.717, 1.165) is 33.8 Å². The van der Waals surface area contributed by atoms with E-state index in [2.05, 4.69) is 66.1 Å². The maximum atomic E-state index is 9.52. The molecule has 0 unspecified atom stereocenters. The van der Waals surface area contributed by atoms with Crippen LogP contribution in [0.25, 0.3) is 11.1 Å². The molecule has 0 amide bonds. The summed E-state index contributed by atoms with van der Waals surface area (Å²) >= 11 is 0. The highest BCUT2D eigenvalue weighted by Gasteiger charge is 2.34. The van der Waals surface area contributed by atoms with Crippen molar-refractivity contribution in [3.8, 4) is 23.3 Å². The minimum Gasteiger partial charge on any atom is -0.352 e. The SMILES string of the molecule is Cc1cccc(-c2ccccc2)c1N1c2cc(C#N)c(C#N)cc2N(C)[C@@H]1C. The Hall–Kier alpha value is -3.76. The number of nitriles is 2. The van der Waals surface area contributed by atoms with Crippen LogP contribution in [0, 0.1) is 29.6 Å². The molecule has 3 aromatic carbocycles. The van der Waals surface area contributed by atoms with Crippen LogP contribution in [0.2, 0.25) is 0 Å². The number of fused-ring (bicyclic) bond motifs is 1. The Bertz CT molecular complexity index is 1140. The quantitative estimate of drug-likeness (QED) is 0.616. The molecule has 0 saturated heterocycles. The summed E-state index contributed by atoms with van der Waals surface area (Å²) < 4.78 is 0. The highest BCUT2D eigenvalue weighted by atomic mass is 15.4. The third-order valence-electron chi connectivity index (χ3n) is 5.49. The molecule has 1 aliphatic heterocycles. The van der Waals surface area contributed by atoms with E-state index in [0.29, 0.717) is 11.1 Å². The molecule has 4 nitrogen and oxygen atoms in total.